The Hall–Kier alpha value is -3.65. The first kappa shape index (κ1) is 21.2. The van der Waals surface area contributed by atoms with Crippen molar-refractivity contribution in [1.82, 2.24) is 5.32 Å². The van der Waals surface area contributed by atoms with Crippen molar-refractivity contribution in [3.8, 4) is 11.1 Å². The molecule has 1 N–H and O–H groups in total. The molecule has 0 spiro atoms. The zero-order valence-electron chi connectivity index (χ0n) is 18.0. The second-order valence-electron chi connectivity index (χ2n) is 8.25. The number of furan rings is 1. The third-order valence-corrected chi connectivity index (χ3v) is 7.34. The molecule has 0 bridgehead atoms. The predicted molar refractivity (Wildman–Crippen MR) is 126 cm³/mol. The van der Waals surface area contributed by atoms with E-state index in [2.05, 4.69) is 5.32 Å². The van der Waals surface area contributed by atoms with Crippen LogP contribution < -0.4 is 10.9 Å². The van der Waals surface area contributed by atoms with Crippen LogP contribution in [0.4, 0.5) is 0 Å². The van der Waals surface area contributed by atoms with Gasteiger partial charge in [0.1, 0.15) is 16.9 Å². The standard InChI is InChI=1S/C25H21NO6S/c1-14-18-10-20-22(31-15(2)24(20)16-6-4-3-5-7-16)12-21(18)32-25(28)19(14)11-23(27)26-17-8-9-33(29,30)13-17/h3-10,12,17H,11,13H2,1-2H3,(H,26,27). The van der Waals surface area contributed by atoms with Crippen LogP contribution in [0.5, 0.6) is 0 Å². The molecule has 3 heterocycles. The lowest BCUT2D eigenvalue weighted by molar-refractivity contribution is -0.120. The Bertz CT molecular complexity index is 1610. The van der Waals surface area contributed by atoms with E-state index >= 15 is 0 Å². The van der Waals surface area contributed by atoms with Gasteiger partial charge in [-0.3, -0.25) is 4.79 Å². The molecule has 33 heavy (non-hydrogen) atoms. The van der Waals surface area contributed by atoms with Crippen LogP contribution in [0.3, 0.4) is 0 Å². The minimum absolute atomic E-state index is 0.176. The summed E-state index contributed by atoms with van der Waals surface area (Å²) in [6.07, 6.45) is 1.23. The van der Waals surface area contributed by atoms with Crippen molar-refractivity contribution >= 4 is 37.7 Å². The highest BCUT2D eigenvalue weighted by Crippen LogP contribution is 2.37. The van der Waals surface area contributed by atoms with E-state index in [1.54, 1.807) is 13.0 Å². The van der Waals surface area contributed by atoms with Crippen LogP contribution in [-0.4, -0.2) is 26.1 Å². The van der Waals surface area contributed by atoms with Gasteiger partial charge in [-0.15, -0.1) is 0 Å². The van der Waals surface area contributed by atoms with Gasteiger partial charge in [-0.2, -0.15) is 0 Å². The molecule has 168 valence electrons. The van der Waals surface area contributed by atoms with E-state index in [0.29, 0.717) is 22.1 Å². The van der Waals surface area contributed by atoms with Crippen molar-refractivity contribution in [2.45, 2.75) is 26.3 Å². The molecular formula is C25H21NO6S. The van der Waals surface area contributed by atoms with E-state index in [1.165, 1.54) is 6.08 Å². The maximum atomic E-state index is 12.7. The normalized spacial score (nSPS) is 17.1. The molecule has 0 saturated carbocycles. The second kappa shape index (κ2) is 7.74. The number of carbonyl (C=O) groups is 1. The van der Waals surface area contributed by atoms with E-state index in [0.717, 1.165) is 27.7 Å². The minimum Gasteiger partial charge on any atom is -0.461 e. The Morgan fingerprint density at radius 1 is 1.06 bits per heavy atom. The lowest BCUT2D eigenvalue weighted by Crippen LogP contribution is -2.37. The van der Waals surface area contributed by atoms with E-state index < -0.39 is 27.4 Å². The lowest BCUT2D eigenvalue weighted by Gasteiger charge is -2.11. The number of sulfone groups is 1. The molecule has 1 atom stereocenters. The van der Waals surface area contributed by atoms with Crippen LogP contribution in [0.25, 0.3) is 33.1 Å². The van der Waals surface area contributed by atoms with Crippen molar-refractivity contribution < 1.29 is 22.0 Å². The molecule has 0 aliphatic carbocycles. The summed E-state index contributed by atoms with van der Waals surface area (Å²) in [4.78, 5) is 25.2. The molecule has 1 unspecified atom stereocenters. The van der Waals surface area contributed by atoms with Crippen molar-refractivity contribution in [1.29, 1.82) is 0 Å². The largest absolute Gasteiger partial charge is 0.461 e. The lowest BCUT2D eigenvalue weighted by atomic mass is 9.98. The summed E-state index contributed by atoms with van der Waals surface area (Å²) in [5.41, 5.74) is 3.26. The van der Waals surface area contributed by atoms with Gasteiger partial charge in [0.25, 0.3) is 0 Å². The summed E-state index contributed by atoms with van der Waals surface area (Å²) >= 11 is 0. The Morgan fingerprint density at radius 3 is 2.48 bits per heavy atom. The number of rotatable bonds is 4. The van der Waals surface area contributed by atoms with Gasteiger partial charge in [0.05, 0.1) is 23.8 Å². The van der Waals surface area contributed by atoms with Crippen molar-refractivity contribution in [3.63, 3.8) is 0 Å². The smallest absolute Gasteiger partial charge is 0.340 e. The summed E-state index contributed by atoms with van der Waals surface area (Å²) in [6, 6.07) is 12.9. The van der Waals surface area contributed by atoms with Gasteiger partial charge in [0.2, 0.25) is 5.91 Å². The fourth-order valence-corrected chi connectivity index (χ4v) is 5.59. The Labute approximate surface area is 189 Å². The van der Waals surface area contributed by atoms with Crippen molar-refractivity contribution in [2.24, 2.45) is 0 Å². The first-order chi connectivity index (χ1) is 15.7. The molecule has 8 heteroatoms. The summed E-state index contributed by atoms with van der Waals surface area (Å²) < 4.78 is 34.6. The van der Waals surface area contributed by atoms with Crippen LogP contribution in [0.2, 0.25) is 0 Å². The predicted octanol–water partition coefficient (Wildman–Crippen LogP) is 3.79. The Balaban J connectivity index is 1.55. The van der Waals surface area contributed by atoms with Crippen molar-refractivity contribution in [2.75, 3.05) is 5.75 Å². The third kappa shape index (κ3) is 3.87. The average molecular weight is 464 g/mol. The summed E-state index contributed by atoms with van der Waals surface area (Å²) in [5.74, 6) is 0.136. The molecule has 7 nitrogen and oxygen atoms in total. The topological polar surface area (TPSA) is 107 Å². The SMILES string of the molecule is Cc1oc2cc3oc(=O)c(CC(=O)NC4C=CS(=O)(=O)C4)c(C)c3cc2c1-c1ccccc1. The Kier molecular flexibility index (Phi) is 4.97. The second-order valence-corrected chi connectivity index (χ2v) is 10.2. The van der Waals surface area contributed by atoms with Gasteiger partial charge in [-0.1, -0.05) is 30.3 Å². The number of amides is 1. The van der Waals surface area contributed by atoms with Crippen LogP contribution in [0, 0.1) is 13.8 Å². The van der Waals surface area contributed by atoms with Gasteiger partial charge in [0, 0.05) is 27.8 Å². The molecule has 0 fully saturated rings. The van der Waals surface area contributed by atoms with E-state index in [1.807, 2.05) is 43.3 Å². The number of nitrogens with one attached hydrogen (secondary N) is 1. The third-order valence-electron chi connectivity index (χ3n) is 5.95. The molecule has 2 aromatic heterocycles. The van der Waals surface area contributed by atoms with Gasteiger partial charge < -0.3 is 14.2 Å². The average Bonchev–Trinajstić information content (AvgIpc) is 3.27. The molecule has 1 aliphatic heterocycles. The van der Waals surface area contributed by atoms with Crippen LogP contribution in [-0.2, 0) is 21.1 Å². The first-order valence-electron chi connectivity index (χ1n) is 10.5. The van der Waals surface area contributed by atoms with E-state index in [-0.39, 0.29) is 17.7 Å². The molecular weight excluding hydrogens is 442 g/mol. The number of fused-ring (bicyclic) bond motifs is 2. The maximum absolute atomic E-state index is 12.7. The highest BCUT2D eigenvalue weighted by atomic mass is 32.2. The highest BCUT2D eigenvalue weighted by molar-refractivity contribution is 7.94. The molecule has 0 saturated heterocycles. The fourth-order valence-electron chi connectivity index (χ4n) is 4.35. The number of benzene rings is 2. The monoisotopic (exact) mass is 463 g/mol. The Morgan fingerprint density at radius 2 is 1.79 bits per heavy atom. The highest BCUT2D eigenvalue weighted by Gasteiger charge is 2.24. The van der Waals surface area contributed by atoms with E-state index in [4.69, 9.17) is 8.83 Å². The molecule has 5 rings (SSSR count). The molecule has 1 aliphatic rings. The number of hydrogen-bond donors (Lipinski definition) is 1. The maximum Gasteiger partial charge on any atom is 0.340 e. The van der Waals surface area contributed by atoms with E-state index in [9.17, 15) is 18.0 Å². The minimum atomic E-state index is -3.29. The molecule has 2 aromatic carbocycles. The molecule has 1 amide bonds. The molecule has 0 radical (unpaired) electrons. The van der Waals surface area contributed by atoms with Crippen molar-refractivity contribution in [3.05, 3.63) is 81.3 Å². The molecule has 4 aromatic rings. The number of hydrogen-bond acceptors (Lipinski definition) is 6. The zero-order valence-corrected chi connectivity index (χ0v) is 18.9. The number of carbonyl (C=O) groups excluding carboxylic acids is 1. The van der Waals surface area contributed by atoms with Gasteiger partial charge in [-0.25, -0.2) is 13.2 Å². The van der Waals surface area contributed by atoms with Gasteiger partial charge in [-0.05, 0) is 37.1 Å². The quantitative estimate of drug-likeness (QED) is 0.462. The first-order valence-corrected chi connectivity index (χ1v) is 12.2. The number of aryl methyl sites for hydroxylation is 2. The van der Waals surface area contributed by atoms with Gasteiger partial charge >= 0.3 is 5.63 Å². The summed E-state index contributed by atoms with van der Waals surface area (Å²) in [5, 5.41) is 5.34. The zero-order chi connectivity index (χ0) is 23.3. The van der Waals surface area contributed by atoms with Crippen LogP contribution >= 0.6 is 0 Å². The summed E-state index contributed by atoms with van der Waals surface area (Å²) in [7, 11) is -3.29. The van der Waals surface area contributed by atoms with Crippen LogP contribution in [0.1, 0.15) is 16.9 Å². The summed E-state index contributed by atoms with van der Waals surface area (Å²) in [6.45, 7) is 3.67. The fraction of sp³-hybridized carbons (Fsp3) is 0.200. The van der Waals surface area contributed by atoms with Crippen LogP contribution in [0.15, 0.2) is 67.6 Å². The van der Waals surface area contributed by atoms with Gasteiger partial charge in [0.15, 0.2) is 9.84 Å².